The standard InChI is InChI=1S/C28H32N10O3/c1-35-11-13-38(14-12-35)27(39)20-5-9-22(10-6-20)30-28(40)29-21-7-3-19(4-8-21)24-31-25-23(33-34-36(25)2)26(32-24)37-15-17-41-18-16-37/h3-10H,11-18H2,1-2H3,(H2,29,30,40). The van der Waals surface area contributed by atoms with Crippen molar-refractivity contribution < 1.29 is 14.3 Å². The molecule has 2 aliphatic rings. The number of nitrogens with zero attached hydrogens (tertiary/aromatic N) is 8. The summed E-state index contributed by atoms with van der Waals surface area (Å²) in [6.07, 6.45) is 0. The van der Waals surface area contributed by atoms with E-state index in [-0.39, 0.29) is 11.9 Å². The number of anilines is 3. The molecule has 2 saturated heterocycles. The first kappa shape index (κ1) is 26.6. The van der Waals surface area contributed by atoms with E-state index >= 15 is 0 Å². The van der Waals surface area contributed by atoms with Gasteiger partial charge in [0, 0.05) is 68.8 Å². The molecule has 2 N–H and O–H groups in total. The van der Waals surface area contributed by atoms with Gasteiger partial charge in [0.1, 0.15) is 0 Å². The first-order chi connectivity index (χ1) is 19.9. The highest BCUT2D eigenvalue weighted by Gasteiger charge is 2.22. The number of nitrogens with one attached hydrogen (secondary N) is 2. The number of aromatic nitrogens is 5. The van der Waals surface area contributed by atoms with E-state index in [1.54, 1.807) is 48.1 Å². The van der Waals surface area contributed by atoms with Gasteiger partial charge in [-0.2, -0.15) is 0 Å². The van der Waals surface area contributed by atoms with Crippen molar-refractivity contribution in [1.29, 1.82) is 0 Å². The fourth-order valence-corrected chi connectivity index (χ4v) is 4.91. The Hall–Kier alpha value is -4.62. The van der Waals surface area contributed by atoms with Gasteiger partial charge in [0.25, 0.3) is 5.91 Å². The Balaban J connectivity index is 1.11. The zero-order valence-electron chi connectivity index (χ0n) is 23.1. The SMILES string of the molecule is CN1CCN(C(=O)c2ccc(NC(=O)Nc3ccc(-c4nc(N5CCOCC5)c5nnn(C)c5n4)cc3)cc2)CC1. The van der Waals surface area contributed by atoms with Crippen molar-refractivity contribution in [3.8, 4) is 11.4 Å². The number of carbonyl (C=O) groups is 2. The van der Waals surface area contributed by atoms with Gasteiger partial charge in [0.15, 0.2) is 22.8 Å². The molecule has 2 aromatic heterocycles. The van der Waals surface area contributed by atoms with E-state index in [4.69, 9.17) is 14.7 Å². The summed E-state index contributed by atoms with van der Waals surface area (Å²) >= 11 is 0. The molecule has 0 unspecified atom stereocenters. The lowest BCUT2D eigenvalue weighted by molar-refractivity contribution is 0.0664. The van der Waals surface area contributed by atoms with Gasteiger partial charge in [-0.3, -0.25) is 4.79 Å². The van der Waals surface area contributed by atoms with E-state index in [1.165, 1.54) is 0 Å². The molecule has 4 heterocycles. The van der Waals surface area contributed by atoms with Crippen molar-refractivity contribution in [2.24, 2.45) is 7.05 Å². The number of morpholine rings is 1. The van der Waals surface area contributed by atoms with E-state index in [0.29, 0.717) is 60.2 Å². The lowest BCUT2D eigenvalue weighted by Gasteiger charge is -2.32. The number of rotatable bonds is 5. The first-order valence-electron chi connectivity index (χ1n) is 13.6. The molecular weight excluding hydrogens is 524 g/mol. The van der Waals surface area contributed by atoms with Crippen LogP contribution in [0.4, 0.5) is 22.0 Å². The fourth-order valence-electron chi connectivity index (χ4n) is 4.91. The molecule has 2 fully saturated rings. The van der Waals surface area contributed by atoms with Gasteiger partial charge >= 0.3 is 6.03 Å². The lowest BCUT2D eigenvalue weighted by Crippen LogP contribution is -2.47. The summed E-state index contributed by atoms with van der Waals surface area (Å²) in [7, 11) is 3.86. The summed E-state index contributed by atoms with van der Waals surface area (Å²) in [4.78, 5) is 41.1. The molecule has 3 amide bonds. The molecule has 2 aromatic carbocycles. The summed E-state index contributed by atoms with van der Waals surface area (Å²) in [6, 6.07) is 13.9. The highest BCUT2D eigenvalue weighted by atomic mass is 16.5. The number of benzene rings is 2. The van der Waals surface area contributed by atoms with Crippen molar-refractivity contribution in [2.75, 3.05) is 75.1 Å². The number of ether oxygens (including phenoxy) is 1. The Bertz CT molecular complexity index is 1540. The lowest BCUT2D eigenvalue weighted by atomic mass is 10.1. The summed E-state index contributed by atoms with van der Waals surface area (Å²) in [6.45, 7) is 5.85. The third-order valence-corrected chi connectivity index (χ3v) is 7.32. The maximum atomic E-state index is 12.8. The number of amides is 3. The second-order valence-electron chi connectivity index (χ2n) is 10.2. The highest BCUT2D eigenvalue weighted by Crippen LogP contribution is 2.27. The van der Waals surface area contributed by atoms with Crippen molar-refractivity contribution in [2.45, 2.75) is 0 Å². The van der Waals surface area contributed by atoms with Gasteiger partial charge < -0.3 is 30.1 Å². The topological polar surface area (TPSA) is 134 Å². The fraction of sp³-hybridized carbons (Fsp3) is 0.357. The zero-order chi connectivity index (χ0) is 28.3. The average molecular weight is 557 g/mol. The number of hydrogen-bond acceptors (Lipinski definition) is 9. The minimum Gasteiger partial charge on any atom is -0.378 e. The Morgan fingerprint density at radius 2 is 1.44 bits per heavy atom. The van der Waals surface area contributed by atoms with Crippen molar-refractivity contribution >= 4 is 40.3 Å². The minimum absolute atomic E-state index is 0.00837. The Labute approximate surface area is 237 Å². The van der Waals surface area contributed by atoms with Crippen LogP contribution in [0.5, 0.6) is 0 Å². The molecule has 0 saturated carbocycles. The first-order valence-corrected chi connectivity index (χ1v) is 13.6. The normalized spacial score (nSPS) is 16.1. The van der Waals surface area contributed by atoms with E-state index in [1.807, 2.05) is 17.0 Å². The predicted molar refractivity (Wildman–Crippen MR) is 155 cm³/mol. The molecule has 13 heteroatoms. The largest absolute Gasteiger partial charge is 0.378 e. The quantitative estimate of drug-likeness (QED) is 0.380. The summed E-state index contributed by atoms with van der Waals surface area (Å²) in [5, 5.41) is 14.1. The van der Waals surface area contributed by atoms with Crippen LogP contribution in [-0.2, 0) is 11.8 Å². The van der Waals surface area contributed by atoms with Gasteiger partial charge in [-0.25, -0.2) is 19.4 Å². The molecule has 0 bridgehead atoms. The average Bonchev–Trinajstić information content (AvgIpc) is 3.38. The smallest absolute Gasteiger partial charge is 0.323 e. The number of likely N-dealkylation sites (N-methyl/N-ethyl adjacent to an activating group) is 1. The molecule has 0 spiro atoms. The van der Waals surface area contributed by atoms with Crippen LogP contribution in [0.1, 0.15) is 10.4 Å². The van der Waals surface area contributed by atoms with Crippen molar-refractivity contribution in [3.63, 3.8) is 0 Å². The van der Waals surface area contributed by atoms with Gasteiger partial charge in [-0.1, -0.05) is 5.21 Å². The number of fused-ring (bicyclic) bond motifs is 1. The Morgan fingerprint density at radius 3 is 2.10 bits per heavy atom. The molecule has 212 valence electrons. The molecular formula is C28H32N10O3. The van der Waals surface area contributed by atoms with Crippen LogP contribution in [-0.4, -0.2) is 106 Å². The minimum atomic E-state index is -0.385. The maximum absolute atomic E-state index is 12.8. The number of urea groups is 1. The van der Waals surface area contributed by atoms with Gasteiger partial charge in [0.2, 0.25) is 0 Å². The van der Waals surface area contributed by atoms with Gasteiger partial charge in [0.05, 0.1) is 13.2 Å². The number of aryl methyl sites for hydroxylation is 1. The van der Waals surface area contributed by atoms with Crippen molar-refractivity contribution in [1.82, 2.24) is 34.8 Å². The molecule has 0 radical (unpaired) electrons. The van der Waals surface area contributed by atoms with E-state index < -0.39 is 0 Å². The molecule has 6 rings (SSSR count). The molecule has 4 aromatic rings. The highest BCUT2D eigenvalue weighted by molar-refractivity contribution is 6.00. The van der Waals surface area contributed by atoms with Crippen LogP contribution in [0.3, 0.4) is 0 Å². The molecule has 0 aliphatic carbocycles. The van der Waals surface area contributed by atoms with Crippen molar-refractivity contribution in [3.05, 3.63) is 54.1 Å². The van der Waals surface area contributed by atoms with Crippen LogP contribution in [0.25, 0.3) is 22.6 Å². The third-order valence-electron chi connectivity index (χ3n) is 7.32. The third kappa shape index (κ3) is 5.81. The Morgan fingerprint density at radius 1 is 0.805 bits per heavy atom. The van der Waals surface area contributed by atoms with E-state index in [2.05, 4.69) is 37.8 Å². The van der Waals surface area contributed by atoms with Gasteiger partial charge in [-0.05, 0) is 55.6 Å². The monoisotopic (exact) mass is 556 g/mol. The van der Waals surface area contributed by atoms with Crippen LogP contribution in [0.2, 0.25) is 0 Å². The molecule has 41 heavy (non-hydrogen) atoms. The number of hydrogen-bond donors (Lipinski definition) is 2. The van der Waals surface area contributed by atoms with Crippen LogP contribution >= 0.6 is 0 Å². The summed E-state index contributed by atoms with van der Waals surface area (Å²) < 4.78 is 7.13. The number of piperazine rings is 1. The zero-order valence-corrected chi connectivity index (χ0v) is 23.1. The maximum Gasteiger partial charge on any atom is 0.323 e. The number of carbonyl (C=O) groups excluding carboxylic acids is 2. The molecule has 2 aliphatic heterocycles. The molecule has 0 atom stereocenters. The second-order valence-corrected chi connectivity index (χ2v) is 10.2. The van der Waals surface area contributed by atoms with Crippen LogP contribution in [0.15, 0.2) is 48.5 Å². The van der Waals surface area contributed by atoms with Gasteiger partial charge in [-0.15, -0.1) is 5.10 Å². The van der Waals surface area contributed by atoms with Crippen LogP contribution < -0.4 is 15.5 Å². The molecule has 13 nitrogen and oxygen atoms in total. The second kappa shape index (κ2) is 11.5. The van der Waals surface area contributed by atoms with E-state index in [9.17, 15) is 9.59 Å². The summed E-state index contributed by atoms with van der Waals surface area (Å²) in [5.74, 6) is 1.29. The van der Waals surface area contributed by atoms with Crippen LogP contribution in [0, 0.1) is 0 Å². The predicted octanol–water partition coefficient (Wildman–Crippen LogP) is 2.29. The summed E-state index contributed by atoms with van der Waals surface area (Å²) in [5.41, 5.74) is 3.92. The Kier molecular flexibility index (Phi) is 7.44. The van der Waals surface area contributed by atoms with E-state index in [0.717, 1.165) is 37.6 Å².